The molecule has 7 heteroatoms. The highest BCUT2D eigenvalue weighted by Crippen LogP contribution is 2.20. The average molecular weight is 329 g/mol. The van der Waals surface area contributed by atoms with Gasteiger partial charge in [0.1, 0.15) is 5.54 Å². The highest BCUT2D eigenvalue weighted by Gasteiger charge is 2.35. The number of halogens is 1. The van der Waals surface area contributed by atoms with E-state index in [2.05, 4.69) is 10.1 Å². The summed E-state index contributed by atoms with van der Waals surface area (Å²) in [5, 5.41) is 2.81. The molecule has 1 aromatic carbocycles. The molecule has 0 aromatic heterocycles. The lowest BCUT2D eigenvalue weighted by molar-refractivity contribution is -0.139. The Hall–Kier alpha value is -1.63. The van der Waals surface area contributed by atoms with Crippen LogP contribution in [0.4, 0.5) is 5.69 Å². The highest BCUT2D eigenvalue weighted by molar-refractivity contribution is 5.98. The number of methoxy groups -OCH3 is 1. The van der Waals surface area contributed by atoms with E-state index in [1.54, 1.807) is 24.3 Å². The van der Waals surface area contributed by atoms with Crippen LogP contribution in [0.25, 0.3) is 0 Å². The molecule has 0 radical (unpaired) electrons. The van der Waals surface area contributed by atoms with Gasteiger partial charge in [-0.05, 0) is 30.5 Å². The van der Waals surface area contributed by atoms with Crippen LogP contribution < -0.4 is 11.1 Å². The minimum Gasteiger partial charge on any atom is -0.469 e. The van der Waals surface area contributed by atoms with Gasteiger partial charge >= 0.3 is 5.97 Å². The number of nitrogens with one attached hydrogen (secondary N) is 1. The molecule has 0 unspecified atom stereocenters. The zero-order valence-electron chi connectivity index (χ0n) is 12.5. The summed E-state index contributed by atoms with van der Waals surface area (Å²) in [5.41, 5.74) is 6.72. The van der Waals surface area contributed by atoms with E-state index in [-0.39, 0.29) is 30.7 Å². The van der Waals surface area contributed by atoms with Crippen LogP contribution in [0.5, 0.6) is 0 Å². The number of nitrogens with two attached hydrogens (primary N) is 1. The predicted octanol–water partition coefficient (Wildman–Crippen LogP) is 1.27. The molecule has 1 aromatic rings. The maximum absolute atomic E-state index is 12.2. The van der Waals surface area contributed by atoms with Gasteiger partial charge in [0, 0.05) is 18.9 Å². The lowest BCUT2D eigenvalue weighted by Crippen LogP contribution is -2.54. The average Bonchev–Trinajstić information content (AvgIpc) is 2.50. The van der Waals surface area contributed by atoms with Gasteiger partial charge in [-0.2, -0.15) is 0 Å². The number of rotatable bonds is 4. The van der Waals surface area contributed by atoms with E-state index in [0.29, 0.717) is 31.7 Å². The maximum Gasteiger partial charge on any atom is 0.309 e. The number of hydrogen-bond acceptors (Lipinski definition) is 5. The summed E-state index contributed by atoms with van der Waals surface area (Å²) < 4.78 is 9.83. The molecule has 1 amide bonds. The molecule has 0 saturated carbocycles. The molecule has 6 nitrogen and oxygen atoms in total. The zero-order valence-corrected chi connectivity index (χ0v) is 13.3. The van der Waals surface area contributed by atoms with Gasteiger partial charge in [0.25, 0.3) is 0 Å². The number of benzene rings is 1. The van der Waals surface area contributed by atoms with Gasteiger partial charge in [0.05, 0.1) is 13.5 Å². The van der Waals surface area contributed by atoms with Crippen molar-refractivity contribution >= 4 is 30.0 Å². The van der Waals surface area contributed by atoms with Gasteiger partial charge in [-0.1, -0.05) is 12.1 Å². The van der Waals surface area contributed by atoms with E-state index in [0.717, 1.165) is 5.56 Å². The third-order valence-corrected chi connectivity index (χ3v) is 3.63. The quantitative estimate of drug-likeness (QED) is 0.812. The Morgan fingerprint density at radius 3 is 2.41 bits per heavy atom. The van der Waals surface area contributed by atoms with Crippen LogP contribution in [-0.4, -0.2) is 37.7 Å². The molecule has 22 heavy (non-hydrogen) atoms. The second kappa shape index (κ2) is 8.12. The Bertz CT molecular complexity index is 513. The van der Waals surface area contributed by atoms with Gasteiger partial charge in [0.2, 0.25) is 5.91 Å². The first-order valence-electron chi connectivity index (χ1n) is 6.87. The van der Waals surface area contributed by atoms with E-state index >= 15 is 0 Å². The second-order valence-electron chi connectivity index (χ2n) is 5.17. The molecule has 1 saturated heterocycles. The number of hydrogen-bond donors (Lipinski definition) is 2. The van der Waals surface area contributed by atoms with Crippen molar-refractivity contribution < 1.29 is 19.1 Å². The molecule has 1 aliphatic heterocycles. The summed E-state index contributed by atoms with van der Waals surface area (Å²) in [5.74, 6) is -0.499. The van der Waals surface area contributed by atoms with E-state index < -0.39 is 5.54 Å². The standard InChI is InChI=1S/C15H20N2O4.ClH/c1-20-13(18)10-11-2-4-12(5-3-11)17-14(19)15(16)6-8-21-9-7-15;/h2-5H,6-10,16H2,1H3,(H,17,19);1H. The molecule has 0 atom stereocenters. The molecule has 122 valence electrons. The predicted molar refractivity (Wildman–Crippen MR) is 85.0 cm³/mol. The lowest BCUT2D eigenvalue weighted by atomic mass is 9.90. The van der Waals surface area contributed by atoms with Crippen LogP contribution in [0.3, 0.4) is 0 Å². The van der Waals surface area contributed by atoms with Gasteiger partial charge in [0.15, 0.2) is 0 Å². The third kappa shape index (κ3) is 4.69. The van der Waals surface area contributed by atoms with Crippen molar-refractivity contribution in [3.63, 3.8) is 0 Å². The largest absolute Gasteiger partial charge is 0.469 e. The first kappa shape index (κ1) is 18.4. The summed E-state index contributed by atoms with van der Waals surface area (Å²) in [6, 6.07) is 7.05. The SMILES string of the molecule is COC(=O)Cc1ccc(NC(=O)C2(N)CCOCC2)cc1.Cl. The fourth-order valence-electron chi connectivity index (χ4n) is 2.16. The summed E-state index contributed by atoms with van der Waals surface area (Å²) in [6.45, 7) is 1.00. The van der Waals surface area contributed by atoms with E-state index in [9.17, 15) is 9.59 Å². The summed E-state index contributed by atoms with van der Waals surface area (Å²) >= 11 is 0. The number of ether oxygens (including phenoxy) is 2. The third-order valence-electron chi connectivity index (χ3n) is 3.63. The number of carbonyl (C=O) groups excluding carboxylic acids is 2. The fourth-order valence-corrected chi connectivity index (χ4v) is 2.16. The van der Waals surface area contributed by atoms with Crippen LogP contribution in [-0.2, 0) is 25.5 Å². The molecule has 2 rings (SSSR count). The van der Waals surface area contributed by atoms with Gasteiger partial charge in [-0.15, -0.1) is 12.4 Å². The van der Waals surface area contributed by atoms with Crippen molar-refractivity contribution in [2.24, 2.45) is 5.73 Å². The number of amides is 1. The molecule has 0 bridgehead atoms. The summed E-state index contributed by atoms with van der Waals surface area (Å²) in [7, 11) is 1.35. The van der Waals surface area contributed by atoms with Gasteiger partial charge in [-0.3, -0.25) is 9.59 Å². The molecular weight excluding hydrogens is 308 g/mol. The van der Waals surface area contributed by atoms with Crippen LogP contribution in [0, 0.1) is 0 Å². The van der Waals surface area contributed by atoms with Crippen LogP contribution in [0.1, 0.15) is 18.4 Å². The topological polar surface area (TPSA) is 90.7 Å². The zero-order chi connectivity index (χ0) is 15.3. The number of carbonyl (C=O) groups is 2. The summed E-state index contributed by atoms with van der Waals surface area (Å²) in [6.07, 6.45) is 1.24. The monoisotopic (exact) mass is 328 g/mol. The Balaban J connectivity index is 0.00000242. The van der Waals surface area contributed by atoms with Crippen molar-refractivity contribution in [3.8, 4) is 0 Å². The van der Waals surface area contributed by atoms with Crippen molar-refractivity contribution in [2.45, 2.75) is 24.8 Å². The fraction of sp³-hybridized carbons (Fsp3) is 0.467. The van der Waals surface area contributed by atoms with Crippen LogP contribution in [0.2, 0.25) is 0 Å². The molecule has 0 aliphatic carbocycles. The van der Waals surface area contributed by atoms with Crippen molar-refractivity contribution in [3.05, 3.63) is 29.8 Å². The second-order valence-corrected chi connectivity index (χ2v) is 5.17. The minimum atomic E-state index is -0.872. The highest BCUT2D eigenvalue weighted by atomic mass is 35.5. The maximum atomic E-state index is 12.2. The van der Waals surface area contributed by atoms with E-state index in [1.165, 1.54) is 7.11 Å². The Morgan fingerprint density at radius 2 is 1.86 bits per heavy atom. The molecule has 1 aliphatic rings. The molecule has 1 fully saturated rings. The first-order chi connectivity index (χ1) is 10.0. The number of esters is 1. The van der Waals surface area contributed by atoms with E-state index in [4.69, 9.17) is 10.5 Å². The van der Waals surface area contributed by atoms with Crippen LogP contribution >= 0.6 is 12.4 Å². The van der Waals surface area contributed by atoms with Crippen molar-refractivity contribution in [1.29, 1.82) is 0 Å². The minimum absolute atomic E-state index is 0. The number of anilines is 1. The molecule has 3 N–H and O–H groups in total. The van der Waals surface area contributed by atoms with Crippen molar-refractivity contribution in [2.75, 3.05) is 25.6 Å². The van der Waals surface area contributed by atoms with Crippen molar-refractivity contribution in [1.82, 2.24) is 0 Å². The van der Waals surface area contributed by atoms with E-state index in [1.807, 2.05) is 0 Å². The molecular formula is C15H21ClN2O4. The summed E-state index contributed by atoms with van der Waals surface area (Å²) in [4.78, 5) is 23.4. The lowest BCUT2D eigenvalue weighted by Gasteiger charge is -2.31. The van der Waals surface area contributed by atoms with Gasteiger partial charge in [-0.25, -0.2) is 0 Å². The van der Waals surface area contributed by atoms with Crippen LogP contribution in [0.15, 0.2) is 24.3 Å². The smallest absolute Gasteiger partial charge is 0.309 e. The Morgan fingerprint density at radius 1 is 1.27 bits per heavy atom. The normalized spacial score (nSPS) is 16.3. The first-order valence-corrected chi connectivity index (χ1v) is 6.87. The molecule has 0 spiro atoms. The molecule has 1 heterocycles. The Labute approximate surface area is 135 Å². The Kier molecular flexibility index (Phi) is 6.80. The van der Waals surface area contributed by atoms with Gasteiger partial charge < -0.3 is 20.5 Å².